The number of morpholine rings is 1. The van der Waals surface area contributed by atoms with Gasteiger partial charge in [-0.3, -0.25) is 4.79 Å². The number of amides is 1. The van der Waals surface area contributed by atoms with Gasteiger partial charge in [0.2, 0.25) is 5.91 Å². The molecule has 9 heteroatoms. The van der Waals surface area contributed by atoms with E-state index in [1.165, 1.54) is 0 Å². The van der Waals surface area contributed by atoms with E-state index >= 15 is 0 Å². The number of nitrogens with one attached hydrogen (secondary N) is 1. The van der Waals surface area contributed by atoms with E-state index in [0.29, 0.717) is 42.8 Å². The fraction of sp³-hybridized carbons (Fsp3) is 0.556. The second-order valence-electron chi connectivity index (χ2n) is 7.00. The number of nitrogens with zero attached hydrogens (tertiary/aromatic N) is 3. The van der Waals surface area contributed by atoms with Gasteiger partial charge in [0.1, 0.15) is 0 Å². The van der Waals surface area contributed by atoms with Crippen LogP contribution in [-0.4, -0.2) is 48.5 Å². The Balaban J connectivity index is 1.58. The van der Waals surface area contributed by atoms with E-state index in [4.69, 9.17) is 9.37 Å². The molecule has 2 aliphatic rings. The quantitative estimate of drug-likeness (QED) is 0.825. The number of benzene rings is 1. The van der Waals surface area contributed by atoms with Crippen LogP contribution >= 0.6 is 0 Å². The van der Waals surface area contributed by atoms with Crippen LogP contribution < -0.4 is 15.3 Å². The molecule has 0 radical (unpaired) electrons. The number of rotatable bonds is 4. The van der Waals surface area contributed by atoms with Crippen LogP contribution in [0.15, 0.2) is 16.8 Å². The van der Waals surface area contributed by atoms with Crippen LogP contribution in [0.4, 0.5) is 11.4 Å². The molecule has 1 aromatic heterocycles. The second-order valence-corrected chi connectivity index (χ2v) is 7.00. The molecule has 27 heavy (non-hydrogen) atoms. The van der Waals surface area contributed by atoms with E-state index in [-0.39, 0.29) is 5.91 Å². The Morgan fingerprint density at radius 1 is 1.07 bits per heavy atom. The summed E-state index contributed by atoms with van der Waals surface area (Å²) in [6, 6.07) is 3.62. The summed E-state index contributed by atoms with van der Waals surface area (Å²) in [5.41, 5.74) is 2.36. The van der Waals surface area contributed by atoms with E-state index in [2.05, 4.69) is 20.5 Å². The fourth-order valence-electron chi connectivity index (χ4n) is 3.97. The van der Waals surface area contributed by atoms with Crippen molar-refractivity contribution in [1.82, 2.24) is 10.3 Å². The molecular formula is C18H21N4O5-. The van der Waals surface area contributed by atoms with E-state index in [9.17, 15) is 14.7 Å². The van der Waals surface area contributed by atoms with Crippen molar-refractivity contribution in [2.45, 2.75) is 25.7 Å². The zero-order chi connectivity index (χ0) is 18.8. The third-order valence-corrected chi connectivity index (χ3v) is 5.41. The average molecular weight is 373 g/mol. The molecule has 9 nitrogen and oxygen atoms in total. The molecule has 2 heterocycles. The lowest BCUT2D eigenvalue weighted by Crippen LogP contribution is -2.42. The molecule has 1 saturated heterocycles. The molecule has 2 unspecified atom stereocenters. The molecule has 1 aliphatic carbocycles. The summed E-state index contributed by atoms with van der Waals surface area (Å²) in [4.78, 5) is 26.2. The second kappa shape index (κ2) is 7.51. The first-order valence-electron chi connectivity index (χ1n) is 9.25. The first-order valence-corrected chi connectivity index (χ1v) is 9.25. The Morgan fingerprint density at radius 2 is 1.78 bits per heavy atom. The van der Waals surface area contributed by atoms with Crippen LogP contribution in [0.25, 0.3) is 11.0 Å². The number of aromatic nitrogens is 2. The van der Waals surface area contributed by atoms with Crippen LogP contribution in [0.3, 0.4) is 0 Å². The molecule has 1 amide bonds. The predicted octanol–water partition coefficient (Wildman–Crippen LogP) is 0.554. The lowest BCUT2D eigenvalue weighted by atomic mass is 9.78. The van der Waals surface area contributed by atoms with Gasteiger partial charge in [0.15, 0.2) is 11.0 Å². The summed E-state index contributed by atoms with van der Waals surface area (Å²) in [7, 11) is 0. The summed E-state index contributed by atoms with van der Waals surface area (Å²) in [5, 5.41) is 22.1. The van der Waals surface area contributed by atoms with Crippen LogP contribution in [0.2, 0.25) is 0 Å². The lowest BCUT2D eigenvalue weighted by molar-refractivity contribution is -0.313. The summed E-state index contributed by atoms with van der Waals surface area (Å²) in [6.07, 6.45) is 2.64. The van der Waals surface area contributed by atoms with Gasteiger partial charge >= 0.3 is 0 Å². The normalized spacial score (nSPS) is 23.3. The molecule has 144 valence electrons. The lowest BCUT2D eigenvalue weighted by Gasteiger charge is -2.31. The molecule has 1 saturated carbocycles. The van der Waals surface area contributed by atoms with Gasteiger partial charge in [-0.05, 0) is 35.3 Å². The summed E-state index contributed by atoms with van der Waals surface area (Å²) in [5.74, 6) is -2.84. The Kier molecular flexibility index (Phi) is 4.93. The topological polar surface area (TPSA) is 121 Å². The van der Waals surface area contributed by atoms with Crippen molar-refractivity contribution < 1.29 is 24.1 Å². The monoisotopic (exact) mass is 373 g/mol. The zero-order valence-electron chi connectivity index (χ0n) is 14.8. The maximum Gasteiger partial charge on any atom is 0.228 e. The average Bonchev–Trinajstić information content (AvgIpc) is 3.19. The van der Waals surface area contributed by atoms with Crippen LogP contribution in [-0.2, 0) is 14.3 Å². The Morgan fingerprint density at radius 3 is 2.52 bits per heavy atom. The van der Waals surface area contributed by atoms with Crippen LogP contribution in [0.5, 0.6) is 0 Å². The molecule has 1 aromatic carbocycles. The fourth-order valence-corrected chi connectivity index (χ4v) is 3.97. The third-order valence-electron chi connectivity index (χ3n) is 5.41. The highest BCUT2D eigenvalue weighted by Crippen LogP contribution is 2.33. The van der Waals surface area contributed by atoms with Crippen molar-refractivity contribution in [2.24, 2.45) is 11.8 Å². The number of carboxylic acid groups (broad SMARTS) is 1. The standard InChI is InChI=1S/C18H22N4O5/c23-17(11-3-1-2-4-12(11)18(24)25)19-13-5-6-14(16-15(13)20-27-21-16)22-7-9-26-10-8-22/h5-6,11-12H,1-4,7-10H2,(H,19,23)(H,24,25)/p-1. The smallest absolute Gasteiger partial charge is 0.228 e. The molecule has 2 aromatic rings. The van der Waals surface area contributed by atoms with Gasteiger partial charge in [-0.1, -0.05) is 12.8 Å². The highest BCUT2D eigenvalue weighted by Gasteiger charge is 2.32. The van der Waals surface area contributed by atoms with Crippen molar-refractivity contribution in [3.8, 4) is 0 Å². The molecule has 2 fully saturated rings. The number of hydrogen-bond donors (Lipinski definition) is 1. The van der Waals surface area contributed by atoms with Gasteiger partial charge < -0.3 is 24.9 Å². The summed E-state index contributed by atoms with van der Waals surface area (Å²) in [6.45, 7) is 2.75. The molecule has 0 spiro atoms. The van der Waals surface area contributed by atoms with E-state index in [0.717, 1.165) is 31.6 Å². The van der Waals surface area contributed by atoms with Gasteiger partial charge in [0, 0.05) is 30.9 Å². The van der Waals surface area contributed by atoms with Crippen molar-refractivity contribution in [3.05, 3.63) is 12.1 Å². The Labute approximate surface area is 155 Å². The van der Waals surface area contributed by atoms with Crippen molar-refractivity contribution >= 4 is 34.3 Å². The van der Waals surface area contributed by atoms with Crippen LogP contribution in [0.1, 0.15) is 25.7 Å². The van der Waals surface area contributed by atoms with Crippen molar-refractivity contribution in [3.63, 3.8) is 0 Å². The van der Waals surface area contributed by atoms with E-state index in [1.54, 1.807) is 6.07 Å². The van der Waals surface area contributed by atoms with E-state index < -0.39 is 17.8 Å². The largest absolute Gasteiger partial charge is 0.550 e. The molecule has 1 N–H and O–H groups in total. The first kappa shape index (κ1) is 17.7. The predicted molar refractivity (Wildman–Crippen MR) is 93.9 cm³/mol. The van der Waals surface area contributed by atoms with Gasteiger partial charge in [0.05, 0.1) is 24.6 Å². The molecule has 0 bridgehead atoms. The number of carbonyl (C=O) groups is 2. The minimum Gasteiger partial charge on any atom is -0.550 e. The molecule has 1 aliphatic heterocycles. The van der Waals surface area contributed by atoms with Gasteiger partial charge in [0.25, 0.3) is 0 Å². The SMILES string of the molecule is O=C([O-])C1CCCCC1C(=O)Nc1ccc(N2CCOCC2)c2nonc12. The summed E-state index contributed by atoms with van der Waals surface area (Å²) < 4.78 is 10.3. The number of carboxylic acids is 1. The number of ether oxygens (including phenoxy) is 1. The zero-order valence-corrected chi connectivity index (χ0v) is 14.8. The number of carbonyl (C=O) groups excluding carboxylic acids is 2. The third kappa shape index (κ3) is 3.46. The Hall–Kier alpha value is -2.68. The number of aliphatic carboxylic acids is 1. The number of hydrogen-bond acceptors (Lipinski definition) is 8. The first-order chi connectivity index (χ1) is 13.1. The highest BCUT2D eigenvalue weighted by atomic mass is 16.6. The summed E-state index contributed by atoms with van der Waals surface area (Å²) >= 11 is 0. The van der Waals surface area contributed by atoms with Crippen molar-refractivity contribution in [2.75, 3.05) is 36.5 Å². The number of anilines is 2. The Bertz CT molecular complexity index is 845. The highest BCUT2D eigenvalue weighted by molar-refractivity contribution is 6.04. The van der Waals surface area contributed by atoms with Crippen LogP contribution in [0, 0.1) is 11.8 Å². The van der Waals surface area contributed by atoms with Gasteiger partial charge in [-0.25, -0.2) is 4.63 Å². The van der Waals surface area contributed by atoms with Crippen molar-refractivity contribution in [1.29, 1.82) is 0 Å². The number of fused-ring (bicyclic) bond motifs is 1. The maximum atomic E-state index is 12.7. The maximum absolute atomic E-state index is 12.7. The minimum atomic E-state index is -1.16. The van der Waals surface area contributed by atoms with Gasteiger partial charge in [-0.15, -0.1) is 0 Å². The molecule has 4 rings (SSSR count). The minimum absolute atomic E-state index is 0.327. The van der Waals surface area contributed by atoms with E-state index in [1.807, 2.05) is 6.07 Å². The molecular weight excluding hydrogens is 352 g/mol. The van der Waals surface area contributed by atoms with Gasteiger partial charge in [-0.2, -0.15) is 0 Å². The molecule has 2 atom stereocenters.